The topological polar surface area (TPSA) is 71.1 Å². The average Bonchev–Trinajstić information content (AvgIpc) is 3.29. The summed E-state index contributed by atoms with van der Waals surface area (Å²) < 4.78 is 5.28. The number of aromatic amines is 1. The predicted molar refractivity (Wildman–Crippen MR) is 129 cm³/mol. The van der Waals surface area contributed by atoms with E-state index >= 15 is 0 Å². The van der Waals surface area contributed by atoms with Crippen molar-refractivity contribution in [2.24, 2.45) is 0 Å². The van der Waals surface area contributed by atoms with Crippen molar-refractivity contribution in [1.29, 1.82) is 0 Å². The van der Waals surface area contributed by atoms with Crippen LogP contribution in [0, 0.1) is 0 Å². The molecule has 0 fully saturated rings. The minimum Gasteiger partial charge on any atom is -0.497 e. The molecule has 0 aliphatic carbocycles. The largest absolute Gasteiger partial charge is 0.497 e. The lowest BCUT2D eigenvalue weighted by atomic mass is 10.1. The summed E-state index contributed by atoms with van der Waals surface area (Å²) in [5.74, 6) is 1.79. The summed E-state index contributed by atoms with van der Waals surface area (Å²) in [5, 5.41) is 9.86. The fourth-order valence-corrected chi connectivity index (χ4v) is 3.98. The Morgan fingerprint density at radius 2 is 1.84 bits per heavy atom. The number of rotatable bonds is 8. The molecule has 0 spiro atoms. The summed E-state index contributed by atoms with van der Waals surface area (Å²) in [5.41, 5.74) is 2.16. The van der Waals surface area contributed by atoms with Crippen LogP contribution in [0.5, 0.6) is 5.75 Å². The number of nitrogens with one attached hydrogen (secondary N) is 1. The minimum atomic E-state index is 0.0241. The van der Waals surface area contributed by atoms with Crippen LogP contribution in [0.4, 0.5) is 0 Å². The molecule has 6 nitrogen and oxygen atoms in total. The van der Waals surface area contributed by atoms with Gasteiger partial charge in [-0.3, -0.25) is 9.89 Å². The number of H-pyrrole nitrogens is 1. The molecular weight excluding hydrogens is 420 g/mol. The van der Waals surface area contributed by atoms with Gasteiger partial charge in [-0.1, -0.05) is 66.4 Å². The molecule has 4 aromatic rings. The summed E-state index contributed by atoms with van der Waals surface area (Å²) in [4.78, 5) is 18.7. The zero-order valence-electron chi connectivity index (χ0n) is 18.0. The van der Waals surface area contributed by atoms with Gasteiger partial charge in [0.25, 0.3) is 0 Å². The first-order valence-corrected chi connectivity index (χ1v) is 11.2. The Morgan fingerprint density at radius 3 is 2.66 bits per heavy atom. The van der Waals surface area contributed by atoms with E-state index in [1.54, 1.807) is 12.0 Å². The monoisotopic (exact) mass is 444 g/mol. The average molecular weight is 445 g/mol. The molecule has 0 aliphatic heterocycles. The molecule has 0 bridgehead atoms. The van der Waals surface area contributed by atoms with Gasteiger partial charge in [-0.25, -0.2) is 4.98 Å². The Balaban J connectivity index is 1.31. The quantitative estimate of drug-likeness (QED) is 0.392. The van der Waals surface area contributed by atoms with Crippen molar-refractivity contribution in [3.63, 3.8) is 0 Å². The minimum absolute atomic E-state index is 0.0241. The Morgan fingerprint density at radius 1 is 1.06 bits per heavy atom. The number of thioether (sulfide) groups is 1. The van der Waals surface area contributed by atoms with Gasteiger partial charge in [0, 0.05) is 13.6 Å². The van der Waals surface area contributed by atoms with E-state index in [4.69, 9.17) is 4.74 Å². The van der Waals surface area contributed by atoms with Crippen molar-refractivity contribution in [2.75, 3.05) is 19.9 Å². The van der Waals surface area contributed by atoms with E-state index in [0.29, 0.717) is 17.5 Å². The van der Waals surface area contributed by atoms with Crippen LogP contribution in [0.2, 0.25) is 0 Å². The third-order valence-corrected chi connectivity index (χ3v) is 5.83. The lowest BCUT2D eigenvalue weighted by molar-refractivity contribution is -0.127. The molecule has 0 aliphatic rings. The summed E-state index contributed by atoms with van der Waals surface area (Å²) in [6.07, 6.45) is 3.84. The van der Waals surface area contributed by atoms with Gasteiger partial charge in [-0.15, -0.1) is 5.10 Å². The van der Waals surface area contributed by atoms with Crippen molar-refractivity contribution >= 4 is 40.6 Å². The summed E-state index contributed by atoms with van der Waals surface area (Å²) in [7, 11) is 3.47. The number of fused-ring (bicyclic) bond motifs is 1. The highest BCUT2D eigenvalue weighted by Gasteiger charge is 2.12. The lowest BCUT2D eigenvalue weighted by Gasteiger charge is -2.17. The summed E-state index contributed by atoms with van der Waals surface area (Å²) in [6.45, 7) is 0.542. The highest BCUT2D eigenvalue weighted by Crippen LogP contribution is 2.22. The molecule has 0 saturated heterocycles. The van der Waals surface area contributed by atoms with Crippen molar-refractivity contribution in [1.82, 2.24) is 20.1 Å². The van der Waals surface area contributed by atoms with Gasteiger partial charge >= 0.3 is 0 Å². The Hall–Kier alpha value is -3.58. The number of carbonyl (C=O) groups excluding carboxylic acids is 1. The molecule has 1 aromatic heterocycles. The smallest absolute Gasteiger partial charge is 0.233 e. The standard InChI is InChI=1S/C25H24N4O2S/c1-29(16-19-8-10-21-15-22(31-2)12-11-20(21)14-19)24(30)17-32-25-26-23(27-28-25)13-9-18-6-4-3-5-7-18/h3-15H,16-17H2,1-2H3,(H,26,27,28)/b13-9+. The number of carbonyl (C=O) groups is 1. The SMILES string of the molecule is COc1ccc2cc(CN(C)C(=O)CSc3n[nH]c(/C=C/c4ccccc4)n3)ccc2c1. The maximum Gasteiger partial charge on any atom is 0.233 e. The highest BCUT2D eigenvalue weighted by atomic mass is 32.2. The molecule has 0 atom stereocenters. The number of methoxy groups -OCH3 is 1. The first-order valence-electron chi connectivity index (χ1n) is 10.2. The Kier molecular flexibility index (Phi) is 6.87. The van der Waals surface area contributed by atoms with E-state index in [2.05, 4.69) is 27.3 Å². The normalized spacial score (nSPS) is 11.2. The second-order valence-electron chi connectivity index (χ2n) is 7.33. The van der Waals surface area contributed by atoms with Crippen LogP contribution in [0.3, 0.4) is 0 Å². The first kappa shape index (κ1) is 21.6. The molecule has 1 amide bonds. The van der Waals surface area contributed by atoms with Gasteiger partial charge in [-0.2, -0.15) is 0 Å². The number of benzene rings is 3. The van der Waals surface area contributed by atoms with Crippen molar-refractivity contribution in [3.8, 4) is 5.75 Å². The summed E-state index contributed by atoms with van der Waals surface area (Å²) >= 11 is 1.32. The van der Waals surface area contributed by atoms with Gasteiger partial charge in [-0.05, 0) is 46.2 Å². The van der Waals surface area contributed by atoms with E-state index in [1.807, 2.05) is 73.8 Å². The van der Waals surface area contributed by atoms with Gasteiger partial charge < -0.3 is 9.64 Å². The molecule has 0 saturated carbocycles. The molecule has 32 heavy (non-hydrogen) atoms. The van der Waals surface area contributed by atoms with Gasteiger partial charge in [0.15, 0.2) is 0 Å². The number of ether oxygens (including phenoxy) is 1. The highest BCUT2D eigenvalue weighted by molar-refractivity contribution is 7.99. The lowest BCUT2D eigenvalue weighted by Crippen LogP contribution is -2.27. The Bertz CT molecular complexity index is 1240. The van der Waals surface area contributed by atoms with E-state index in [1.165, 1.54) is 11.8 Å². The van der Waals surface area contributed by atoms with E-state index in [-0.39, 0.29) is 11.7 Å². The number of nitrogens with zero attached hydrogens (tertiary/aromatic N) is 3. The maximum atomic E-state index is 12.6. The fraction of sp³-hybridized carbons (Fsp3) is 0.160. The second-order valence-corrected chi connectivity index (χ2v) is 8.28. The number of hydrogen-bond donors (Lipinski definition) is 1. The third-order valence-electron chi connectivity index (χ3n) is 5.00. The second kappa shape index (κ2) is 10.2. The van der Waals surface area contributed by atoms with Crippen LogP contribution < -0.4 is 4.74 Å². The number of aromatic nitrogens is 3. The molecular formula is C25H24N4O2S. The van der Waals surface area contributed by atoms with E-state index in [0.717, 1.165) is 27.6 Å². The Labute approximate surface area is 191 Å². The van der Waals surface area contributed by atoms with Gasteiger partial charge in [0.1, 0.15) is 11.6 Å². The molecule has 0 unspecified atom stereocenters. The zero-order chi connectivity index (χ0) is 22.3. The first-order chi connectivity index (χ1) is 15.6. The predicted octanol–water partition coefficient (Wildman–Crippen LogP) is 4.89. The summed E-state index contributed by atoms with van der Waals surface area (Å²) in [6, 6.07) is 22.2. The van der Waals surface area contributed by atoms with E-state index in [9.17, 15) is 4.79 Å². The van der Waals surface area contributed by atoms with E-state index < -0.39 is 0 Å². The molecule has 162 valence electrons. The molecule has 0 radical (unpaired) electrons. The van der Waals surface area contributed by atoms with Crippen LogP contribution in [0.25, 0.3) is 22.9 Å². The number of amides is 1. The zero-order valence-corrected chi connectivity index (χ0v) is 18.8. The van der Waals surface area contributed by atoms with Crippen molar-refractivity contribution in [3.05, 3.63) is 83.7 Å². The molecule has 7 heteroatoms. The molecule has 3 aromatic carbocycles. The van der Waals surface area contributed by atoms with Crippen LogP contribution in [-0.2, 0) is 11.3 Å². The third kappa shape index (κ3) is 5.56. The molecule has 1 N–H and O–H groups in total. The van der Waals surface area contributed by atoms with Gasteiger partial charge in [0.05, 0.1) is 12.9 Å². The van der Waals surface area contributed by atoms with Crippen LogP contribution in [0.15, 0.2) is 71.9 Å². The van der Waals surface area contributed by atoms with Crippen LogP contribution >= 0.6 is 11.8 Å². The van der Waals surface area contributed by atoms with Crippen molar-refractivity contribution in [2.45, 2.75) is 11.7 Å². The molecule has 1 heterocycles. The van der Waals surface area contributed by atoms with Crippen molar-refractivity contribution < 1.29 is 9.53 Å². The van der Waals surface area contributed by atoms with Gasteiger partial charge in [0.2, 0.25) is 11.1 Å². The van der Waals surface area contributed by atoms with Crippen LogP contribution in [0.1, 0.15) is 17.0 Å². The van der Waals surface area contributed by atoms with Crippen LogP contribution in [-0.4, -0.2) is 45.9 Å². The fourth-order valence-electron chi connectivity index (χ4n) is 3.23. The maximum absolute atomic E-state index is 12.6. The number of hydrogen-bond acceptors (Lipinski definition) is 5. The molecule has 4 rings (SSSR count).